The van der Waals surface area contributed by atoms with Crippen LogP contribution in [0.15, 0.2) is 47.1 Å². The number of carboxylic acids is 1. The fourth-order valence-corrected chi connectivity index (χ4v) is 1.78. The third-order valence-corrected chi connectivity index (χ3v) is 2.76. The summed E-state index contributed by atoms with van der Waals surface area (Å²) in [5.74, 6) is -0.690. The van der Waals surface area contributed by atoms with E-state index in [1.165, 1.54) is 0 Å². The Morgan fingerprint density at radius 1 is 1.29 bits per heavy atom. The van der Waals surface area contributed by atoms with Crippen molar-refractivity contribution in [1.82, 2.24) is 0 Å². The highest BCUT2D eigenvalue weighted by Crippen LogP contribution is 2.22. The molecule has 0 fully saturated rings. The van der Waals surface area contributed by atoms with Crippen LogP contribution in [0.3, 0.4) is 0 Å². The van der Waals surface area contributed by atoms with Crippen LogP contribution in [0.1, 0.15) is 22.8 Å². The number of hydrogen-bond acceptors (Lipinski definition) is 2. The minimum atomic E-state index is -0.828. The summed E-state index contributed by atoms with van der Waals surface area (Å²) in [4.78, 5) is 11.3. The first-order valence-electron chi connectivity index (χ1n) is 5.48. The Morgan fingerprint density at radius 3 is 2.53 bits per heavy atom. The fraction of sp³-hybridized carbons (Fsp3) is 0.214. The molecule has 1 aromatic heterocycles. The van der Waals surface area contributed by atoms with Crippen molar-refractivity contribution in [1.29, 1.82) is 0 Å². The van der Waals surface area contributed by atoms with E-state index in [0.29, 0.717) is 12.2 Å². The van der Waals surface area contributed by atoms with Gasteiger partial charge in [-0.2, -0.15) is 0 Å². The fourth-order valence-electron chi connectivity index (χ4n) is 1.78. The number of aliphatic carboxylic acids is 1. The summed E-state index contributed by atoms with van der Waals surface area (Å²) in [7, 11) is 0. The lowest BCUT2D eigenvalue weighted by Gasteiger charge is -2.11. The normalized spacial score (nSPS) is 12.3. The zero-order valence-electron chi connectivity index (χ0n) is 9.59. The van der Waals surface area contributed by atoms with Crippen LogP contribution >= 0.6 is 0 Å². The van der Waals surface area contributed by atoms with E-state index >= 15 is 0 Å². The number of furan rings is 1. The second kappa shape index (κ2) is 4.87. The van der Waals surface area contributed by atoms with Gasteiger partial charge in [-0.15, -0.1) is 0 Å². The zero-order valence-corrected chi connectivity index (χ0v) is 9.59. The van der Waals surface area contributed by atoms with E-state index in [4.69, 9.17) is 4.42 Å². The number of benzene rings is 1. The summed E-state index contributed by atoms with van der Waals surface area (Å²) < 4.78 is 5.20. The summed E-state index contributed by atoms with van der Waals surface area (Å²) in [6.07, 6.45) is 1.94. The van der Waals surface area contributed by atoms with Crippen LogP contribution in [0.5, 0.6) is 0 Å². The highest BCUT2D eigenvalue weighted by Gasteiger charge is 2.21. The van der Waals surface area contributed by atoms with Gasteiger partial charge in [-0.1, -0.05) is 29.8 Å². The highest BCUT2D eigenvalue weighted by atomic mass is 16.4. The minimum absolute atomic E-state index is 0.380. The third kappa shape index (κ3) is 2.75. The SMILES string of the molecule is Cc1ccc([C@H](Cc2ccco2)C(=O)O)cc1. The van der Waals surface area contributed by atoms with Gasteiger partial charge in [-0.25, -0.2) is 0 Å². The molecule has 0 aliphatic heterocycles. The summed E-state index contributed by atoms with van der Waals surface area (Å²) in [5, 5.41) is 9.25. The molecule has 0 spiro atoms. The quantitative estimate of drug-likeness (QED) is 0.878. The lowest BCUT2D eigenvalue weighted by Crippen LogP contribution is -2.14. The van der Waals surface area contributed by atoms with Crippen LogP contribution in [0, 0.1) is 6.92 Å². The molecule has 0 saturated heterocycles. The minimum Gasteiger partial charge on any atom is -0.481 e. The molecule has 0 bridgehead atoms. The molecule has 0 saturated carbocycles. The van der Waals surface area contributed by atoms with Gasteiger partial charge >= 0.3 is 5.97 Å². The molecule has 3 heteroatoms. The molecular weight excluding hydrogens is 216 g/mol. The Bertz CT molecular complexity index is 483. The predicted molar refractivity (Wildman–Crippen MR) is 64.0 cm³/mol. The van der Waals surface area contributed by atoms with Crippen molar-refractivity contribution in [2.24, 2.45) is 0 Å². The van der Waals surface area contributed by atoms with Crippen LogP contribution in [0.2, 0.25) is 0 Å². The maximum absolute atomic E-state index is 11.3. The van der Waals surface area contributed by atoms with E-state index in [0.717, 1.165) is 11.1 Å². The Morgan fingerprint density at radius 2 is 2.00 bits per heavy atom. The number of carbonyl (C=O) groups is 1. The number of aryl methyl sites for hydroxylation is 1. The Labute approximate surface area is 99.7 Å². The molecular formula is C14H14O3. The first-order chi connectivity index (χ1) is 8.16. The molecule has 17 heavy (non-hydrogen) atoms. The van der Waals surface area contributed by atoms with Gasteiger partial charge in [0.1, 0.15) is 5.76 Å². The maximum Gasteiger partial charge on any atom is 0.311 e. The van der Waals surface area contributed by atoms with Crippen LogP contribution < -0.4 is 0 Å². The molecule has 2 rings (SSSR count). The van der Waals surface area contributed by atoms with Gasteiger partial charge in [0.15, 0.2) is 0 Å². The van der Waals surface area contributed by atoms with Gasteiger partial charge in [0.2, 0.25) is 0 Å². The van der Waals surface area contributed by atoms with Gasteiger partial charge < -0.3 is 9.52 Å². The van der Waals surface area contributed by atoms with Crippen molar-refractivity contribution in [3.63, 3.8) is 0 Å². The molecule has 1 heterocycles. The topological polar surface area (TPSA) is 50.4 Å². The first-order valence-corrected chi connectivity index (χ1v) is 5.48. The van der Waals surface area contributed by atoms with E-state index in [1.54, 1.807) is 18.4 Å². The smallest absolute Gasteiger partial charge is 0.311 e. The van der Waals surface area contributed by atoms with Crippen LogP contribution in [-0.4, -0.2) is 11.1 Å². The number of hydrogen-bond donors (Lipinski definition) is 1. The predicted octanol–water partition coefficient (Wildman–Crippen LogP) is 3.00. The summed E-state index contributed by atoms with van der Waals surface area (Å²) in [6.45, 7) is 1.98. The van der Waals surface area contributed by atoms with Crippen LogP contribution in [-0.2, 0) is 11.2 Å². The van der Waals surface area contributed by atoms with Gasteiger partial charge in [0.25, 0.3) is 0 Å². The molecule has 1 atom stereocenters. The monoisotopic (exact) mass is 230 g/mol. The molecule has 3 nitrogen and oxygen atoms in total. The molecule has 1 aromatic carbocycles. The third-order valence-electron chi connectivity index (χ3n) is 2.76. The maximum atomic E-state index is 11.3. The molecule has 0 unspecified atom stereocenters. The lowest BCUT2D eigenvalue weighted by molar-refractivity contribution is -0.138. The average Bonchev–Trinajstić information content (AvgIpc) is 2.80. The Balaban J connectivity index is 2.23. The molecule has 1 N–H and O–H groups in total. The van der Waals surface area contributed by atoms with Crippen LogP contribution in [0.25, 0.3) is 0 Å². The lowest BCUT2D eigenvalue weighted by atomic mass is 9.94. The molecule has 2 aromatic rings. The zero-order chi connectivity index (χ0) is 12.3. The van der Waals surface area contributed by atoms with Gasteiger partial charge in [-0.05, 0) is 24.6 Å². The van der Waals surface area contributed by atoms with E-state index in [2.05, 4.69) is 0 Å². The Hall–Kier alpha value is -2.03. The first kappa shape index (κ1) is 11.5. The van der Waals surface area contributed by atoms with Gasteiger partial charge in [-0.3, -0.25) is 4.79 Å². The molecule has 0 amide bonds. The second-order valence-electron chi connectivity index (χ2n) is 4.08. The summed E-state index contributed by atoms with van der Waals surface area (Å²) >= 11 is 0. The second-order valence-corrected chi connectivity index (χ2v) is 4.08. The number of carboxylic acid groups (broad SMARTS) is 1. The van der Waals surface area contributed by atoms with Crippen molar-refractivity contribution in [2.75, 3.05) is 0 Å². The van der Waals surface area contributed by atoms with Crippen molar-refractivity contribution in [3.05, 3.63) is 59.5 Å². The van der Waals surface area contributed by atoms with E-state index in [-0.39, 0.29) is 0 Å². The van der Waals surface area contributed by atoms with E-state index in [1.807, 2.05) is 31.2 Å². The molecule has 0 radical (unpaired) electrons. The van der Waals surface area contributed by atoms with E-state index < -0.39 is 11.9 Å². The van der Waals surface area contributed by atoms with Gasteiger partial charge in [0, 0.05) is 6.42 Å². The molecule has 0 aliphatic rings. The van der Waals surface area contributed by atoms with Crippen molar-refractivity contribution in [2.45, 2.75) is 19.3 Å². The van der Waals surface area contributed by atoms with Crippen molar-refractivity contribution in [3.8, 4) is 0 Å². The number of rotatable bonds is 4. The Kier molecular flexibility index (Phi) is 3.28. The molecule has 0 aliphatic carbocycles. The summed E-state index contributed by atoms with van der Waals surface area (Å²) in [5.41, 5.74) is 1.93. The van der Waals surface area contributed by atoms with Crippen molar-refractivity contribution >= 4 is 5.97 Å². The van der Waals surface area contributed by atoms with Gasteiger partial charge in [0.05, 0.1) is 12.2 Å². The average molecular weight is 230 g/mol. The summed E-state index contributed by atoms with van der Waals surface area (Å²) in [6, 6.07) is 11.1. The van der Waals surface area contributed by atoms with E-state index in [9.17, 15) is 9.90 Å². The van der Waals surface area contributed by atoms with Crippen LogP contribution in [0.4, 0.5) is 0 Å². The highest BCUT2D eigenvalue weighted by molar-refractivity contribution is 5.76. The van der Waals surface area contributed by atoms with Crippen molar-refractivity contribution < 1.29 is 14.3 Å². The largest absolute Gasteiger partial charge is 0.481 e. The standard InChI is InChI=1S/C14H14O3/c1-10-4-6-11(7-5-10)13(14(15)16)9-12-3-2-8-17-12/h2-8,13H,9H2,1H3,(H,15,16)/t13-/m0/s1. The molecule has 88 valence electrons.